The molecule has 0 bridgehead atoms. The minimum Gasteiger partial charge on any atom is -0.491 e. The van der Waals surface area contributed by atoms with Crippen LogP contribution >= 0.6 is 0 Å². The Balaban J connectivity index is 2.24. The molecule has 0 N–H and O–H groups in total. The highest BCUT2D eigenvalue weighted by Gasteiger charge is 2.20. The molecule has 2 unspecified atom stereocenters. The van der Waals surface area contributed by atoms with Crippen LogP contribution in [0.1, 0.15) is 39.5 Å². The maximum Gasteiger partial charge on any atom is 0.138 e. The predicted octanol–water partition coefficient (Wildman–Crippen LogP) is 2.94. The van der Waals surface area contributed by atoms with Gasteiger partial charge in [-0.15, -0.1) is 0 Å². The molecule has 0 radical (unpaired) electrons. The van der Waals surface area contributed by atoms with Gasteiger partial charge in [-0.1, -0.05) is 24.5 Å². The zero-order valence-electron chi connectivity index (χ0n) is 10.6. The first kappa shape index (κ1) is 11.6. The summed E-state index contributed by atoms with van der Waals surface area (Å²) >= 11 is 0. The van der Waals surface area contributed by atoms with Gasteiger partial charge in [-0.2, -0.15) is 0 Å². The van der Waals surface area contributed by atoms with Crippen LogP contribution in [0.15, 0.2) is 35.0 Å². The van der Waals surface area contributed by atoms with Crippen molar-refractivity contribution in [3.05, 3.63) is 35.0 Å². The maximum absolute atomic E-state index is 6.05. The molecule has 1 aliphatic carbocycles. The fourth-order valence-corrected chi connectivity index (χ4v) is 2.37. The zero-order valence-corrected chi connectivity index (χ0v) is 10.6. The molecular formula is C14H21BO. The van der Waals surface area contributed by atoms with Crippen LogP contribution in [-0.4, -0.2) is 14.0 Å². The van der Waals surface area contributed by atoms with Gasteiger partial charge in [0.2, 0.25) is 0 Å². The average Bonchev–Trinajstić information content (AvgIpc) is 2.30. The molecule has 0 aromatic rings. The highest BCUT2D eigenvalue weighted by atomic mass is 16.5. The number of hydrogen-bond acceptors (Lipinski definition) is 1. The van der Waals surface area contributed by atoms with E-state index in [9.17, 15) is 0 Å². The van der Waals surface area contributed by atoms with Gasteiger partial charge in [0.05, 0.1) is 5.76 Å². The Hall–Kier alpha value is -0.915. The molecular weight excluding hydrogens is 195 g/mol. The molecule has 0 aromatic carbocycles. The molecule has 86 valence electrons. The fourth-order valence-electron chi connectivity index (χ4n) is 2.37. The van der Waals surface area contributed by atoms with Crippen LogP contribution < -0.4 is 0 Å². The van der Waals surface area contributed by atoms with Gasteiger partial charge in [-0.05, 0) is 43.8 Å². The Labute approximate surface area is 99.7 Å². The molecule has 0 saturated heterocycles. The van der Waals surface area contributed by atoms with Gasteiger partial charge in [0, 0.05) is 6.42 Å². The predicted molar refractivity (Wildman–Crippen MR) is 71.0 cm³/mol. The molecule has 1 heterocycles. The molecule has 1 aliphatic heterocycles. The van der Waals surface area contributed by atoms with E-state index in [-0.39, 0.29) is 6.10 Å². The van der Waals surface area contributed by atoms with Crippen molar-refractivity contribution in [2.24, 2.45) is 5.92 Å². The van der Waals surface area contributed by atoms with Gasteiger partial charge < -0.3 is 4.74 Å². The quantitative estimate of drug-likeness (QED) is 0.565. The number of ether oxygens (including phenoxy) is 1. The second-order valence-corrected chi connectivity index (χ2v) is 5.21. The second-order valence-electron chi connectivity index (χ2n) is 5.21. The third-order valence-corrected chi connectivity index (χ3v) is 3.50. The van der Waals surface area contributed by atoms with E-state index in [0.717, 1.165) is 18.8 Å². The molecule has 0 fully saturated rings. The topological polar surface area (TPSA) is 9.23 Å². The molecule has 16 heavy (non-hydrogen) atoms. The van der Waals surface area contributed by atoms with E-state index in [1.165, 1.54) is 29.6 Å². The Morgan fingerprint density at radius 2 is 2.19 bits per heavy atom. The average molecular weight is 216 g/mol. The van der Waals surface area contributed by atoms with Gasteiger partial charge in [-0.3, -0.25) is 0 Å². The van der Waals surface area contributed by atoms with Gasteiger partial charge in [0.1, 0.15) is 14.0 Å². The van der Waals surface area contributed by atoms with E-state index in [4.69, 9.17) is 4.74 Å². The highest BCUT2D eigenvalue weighted by molar-refractivity contribution is 6.23. The van der Waals surface area contributed by atoms with E-state index in [1.54, 1.807) is 0 Å². The van der Waals surface area contributed by atoms with E-state index in [2.05, 4.69) is 39.9 Å². The van der Waals surface area contributed by atoms with Crippen molar-refractivity contribution < 1.29 is 4.74 Å². The van der Waals surface area contributed by atoms with Crippen molar-refractivity contribution in [2.45, 2.75) is 45.6 Å². The molecule has 0 aromatic heterocycles. The summed E-state index contributed by atoms with van der Waals surface area (Å²) < 4.78 is 6.05. The summed E-state index contributed by atoms with van der Waals surface area (Å²) in [4.78, 5) is 0. The third-order valence-electron chi connectivity index (χ3n) is 3.50. The largest absolute Gasteiger partial charge is 0.491 e. The monoisotopic (exact) mass is 216 g/mol. The van der Waals surface area contributed by atoms with Crippen molar-refractivity contribution in [1.82, 2.24) is 0 Å². The van der Waals surface area contributed by atoms with Crippen LogP contribution in [0.4, 0.5) is 0 Å². The van der Waals surface area contributed by atoms with Gasteiger partial charge >= 0.3 is 0 Å². The number of hydrogen-bond donors (Lipinski definition) is 0. The summed E-state index contributed by atoms with van der Waals surface area (Å²) in [5.41, 5.74) is 2.87. The minimum atomic E-state index is 0.205. The molecule has 0 spiro atoms. The Bertz CT molecular complexity index is 352. The van der Waals surface area contributed by atoms with Crippen LogP contribution in [0.5, 0.6) is 0 Å². The van der Waals surface area contributed by atoms with Gasteiger partial charge in [0.15, 0.2) is 0 Å². The normalized spacial score (nSPS) is 36.0. The summed E-state index contributed by atoms with van der Waals surface area (Å²) in [6, 6.07) is 0. The maximum atomic E-state index is 6.05. The van der Waals surface area contributed by atoms with E-state index in [1.807, 2.05) is 0 Å². The smallest absolute Gasteiger partial charge is 0.138 e. The van der Waals surface area contributed by atoms with Crippen LogP contribution in [0.3, 0.4) is 0 Å². The molecule has 2 aliphatic rings. The molecule has 2 rings (SSSR count). The molecule has 0 saturated carbocycles. The van der Waals surface area contributed by atoms with Crippen molar-refractivity contribution in [2.75, 3.05) is 0 Å². The van der Waals surface area contributed by atoms with Crippen molar-refractivity contribution >= 4 is 7.85 Å². The van der Waals surface area contributed by atoms with Crippen molar-refractivity contribution in [3.63, 3.8) is 0 Å². The fraction of sp³-hybridized carbons (Fsp3) is 0.571. The Kier molecular flexibility index (Phi) is 3.57. The Morgan fingerprint density at radius 3 is 3.00 bits per heavy atom. The first-order chi connectivity index (χ1) is 7.65. The standard InChI is InChI=1S/C14H21BO/c1-10-3-5-12-6-8-13(15)7-4-11(2)16-14(12)9-10/h4,7-8,10-11H,3,5-6,9,15H2,1-2H3/b7-4-,13-8+. The zero-order chi connectivity index (χ0) is 11.5. The lowest BCUT2D eigenvalue weighted by atomic mass is 9.86. The first-order valence-corrected chi connectivity index (χ1v) is 6.37. The van der Waals surface area contributed by atoms with Crippen LogP contribution in [-0.2, 0) is 4.74 Å². The van der Waals surface area contributed by atoms with Gasteiger partial charge in [0.25, 0.3) is 0 Å². The summed E-state index contributed by atoms with van der Waals surface area (Å²) in [6.45, 7) is 4.44. The van der Waals surface area contributed by atoms with Crippen LogP contribution in [0.2, 0.25) is 0 Å². The third kappa shape index (κ3) is 2.81. The number of rotatable bonds is 0. The summed E-state index contributed by atoms with van der Waals surface area (Å²) in [5.74, 6) is 2.04. The molecule has 2 heteroatoms. The van der Waals surface area contributed by atoms with E-state index < -0.39 is 0 Å². The lowest BCUT2D eigenvalue weighted by molar-refractivity contribution is 0.143. The lowest BCUT2D eigenvalue weighted by Crippen LogP contribution is -2.13. The minimum absolute atomic E-state index is 0.205. The van der Waals surface area contributed by atoms with Crippen LogP contribution in [0, 0.1) is 5.92 Å². The number of allylic oxidation sites excluding steroid dienone is 5. The van der Waals surface area contributed by atoms with Crippen molar-refractivity contribution in [1.29, 1.82) is 0 Å². The van der Waals surface area contributed by atoms with Crippen molar-refractivity contribution in [3.8, 4) is 0 Å². The molecule has 2 atom stereocenters. The first-order valence-electron chi connectivity index (χ1n) is 6.37. The molecule has 1 nitrogen and oxygen atoms in total. The van der Waals surface area contributed by atoms with Gasteiger partial charge in [-0.25, -0.2) is 0 Å². The lowest BCUT2D eigenvalue weighted by Gasteiger charge is -2.26. The van der Waals surface area contributed by atoms with E-state index in [0.29, 0.717) is 0 Å². The SMILES string of the molecule is BC1=C/CC2=C(CC(C)CC2)OC(C)/C=C\1. The Morgan fingerprint density at radius 1 is 1.38 bits per heavy atom. The summed E-state index contributed by atoms with van der Waals surface area (Å²) in [7, 11) is 2.17. The highest BCUT2D eigenvalue weighted by Crippen LogP contribution is 2.33. The molecule has 0 amide bonds. The second kappa shape index (κ2) is 4.94. The summed E-state index contributed by atoms with van der Waals surface area (Å²) in [6.07, 6.45) is 11.6. The van der Waals surface area contributed by atoms with E-state index >= 15 is 0 Å². The summed E-state index contributed by atoms with van der Waals surface area (Å²) in [5, 5.41) is 0. The van der Waals surface area contributed by atoms with Crippen LogP contribution in [0.25, 0.3) is 0 Å².